The quantitative estimate of drug-likeness (QED) is 0.890. The highest BCUT2D eigenvalue weighted by molar-refractivity contribution is 5.92. The van der Waals surface area contributed by atoms with Crippen LogP contribution in [0.15, 0.2) is 24.3 Å². The molecule has 25 heavy (non-hydrogen) atoms. The molecule has 0 aliphatic carbocycles. The van der Waals surface area contributed by atoms with Crippen molar-refractivity contribution in [3.8, 4) is 0 Å². The molecule has 1 N–H and O–H groups in total. The maximum atomic E-state index is 12.3. The average molecular weight is 345 g/mol. The number of morpholine rings is 1. The molecule has 0 spiro atoms. The number of hydrogen-bond acceptors (Lipinski definition) is 4. The number of carbonyl (C=O) groups is 1. The largest absolute Gasteiger partial charge is 0.379 e. The van der Waals surface area contributed by atoms with E-state index >= 15 is 0 Å². The first-order valence-electron chi connectivity index (χ1n) is 9.50. The molecule has 0 bridgehead atoms. The summed E-state index contributed by atoms with van der Waals surface area (Å²) in [7, 11) is 0. The summed E-state index contributed by atoms with van der Waals surface area (Å²) >= 11 is 0. The number of likely N-dealkylation sites (tertiary alicyclic amines) is 1. The van der Waals surface area contributed by atoms with Crippen LogP contribution in [0.4, 0.5) is 5.69 Å². The zero-order valence-corrected chi connectivity index (χ0v) is 15.5. The molecule has 2 heterocycles. The van der Waals surface area contributed by atoms with Crippen molar-refractivity contribution in [3.63, 3.8) is 0 Å². The van der Waals surface area contributed by atoms with Gasteiger partial charge in [0.1, 0.15) is 0 Å². The lowest BCUT2D eigenvalue weighted by atomic mass is 9.92. The van der Waals surface area contributed by atoms with Gasteiger partial charge in [0, 0.05) is 38.4 Å². The molecule has 2 atom stereocenters. The Bertz CT molecular complexity index is 545. The van der Waals surface area contributed by atoms with Crippen LogP contribution in [0, 0.1) is 11.8 Å². The molecule has 0 aromatic heterocycles. The first kappa shape index (κ1) is 18.4. The van der Waals surface area contributed by atoms with Crippen LogP contribution in [0.5, 0.6) is 0 Å². The SMILES string of the molecule is C[C@@H]1C[C@H](C)CN(CC(=O)Nc2ccc(CN3CCOCC3)cc2)C1. The molecule has 0 radical (unpaired) electrons. The smallest absolute Gasteiger partial charge is 0.238 e. The Labute approximate surface area is 151 Å². The highest BCUT2D eigenvalue weighted by Gasteiger charge is 2.23. The predicted octanol–water partition coefficient (Wildman–Crippen LogP) is 2.44. The third-order valence-corrected chi connectivity index (χ3v) is 5.06. The van der Waals surface area contributed by atoms with Crippen molar-refractivity contribution < 1.29 is 9.53 Å². The van der Waals surface area contributed by atoms with Crippen molar-refractivity contribution in [2.75, 3.05) is 51.3 Å². The summed E-state index contributed by atoms with van der Waals surface area (Å²) in [5.41, 5.74) is 2.16. The molecule has 1 aromatic rings. The molecular formula is C20H31N3O2. The minimum atomic E-state index is 0.0854. The summed E-state index contributed by atoms with van der Waals surface area (Å²) < 4.78 is 5.38. The molecule has 3 rings (SSSR count). The zero-order chi connectivity index (χ0) is 17.6. The Hall–Kier alpha value is -1.43. The van der Waals surface area contributed by atoms with Gasteiger partial charge in [-0.25, -0.2) is 0 Å². The number of ether oxygens (including phenoxy) is 1. The number of rotatable bonds is 5. The number of piperidine rings is 1. The second kappa shape index (κ2) is 8.79. The van der Waals surface area contributed by atoms with Crippen LogP contribution in [0.3, 0.4) is 0 Å². The number of hydrogen-bond donors (Lipinski definition) is 1. The lowest BCUT2D eigenvalue weighted by Gasteiger charge is -2.34. The first-order chi connectivity index (χ1) is 12.1. The molecule has 5 nitrogen and oxygen atoms in total. The summed E-state index contributed by atoms with van der Waals surface area (Å²) in [6.07, 6.45) is 1.27. The summed E-state index contributed by atoms with van der Waals surface area (Å²) in [5.74, 6) is 1.44. The van der Waals surface area contributed by atoms with E-state index in [1.165, 1.54) is 12.0 Å². The summed E-state index contributed by atoms with van der Waals surface area (Å²) in [6.45, 7) is 11.7. The molecule has 138 valence electrons. The lowest BCUT2D eigenvalue weighted by molar-refractivity contribution is -0.117. The van der Waals surface area contributed by atoms with Crippen molar-refractivity contribution in [1.82, 2.24) is 9.80 Å². The van der Waals surface area contributed by atoms with E-state index in [2.05, 4.69) is 41.1 Å². The van der Waals surface area contributed by atoms with Crippen LogP contribution in [0.1, 0.15) is 25.8 Å². The van der Waals surface area contributed by atoms with Gasteiger partial charge in [-0.15, -0.1) is 0 Å². The maximum Gasteiger partial charge on any atom is 0.238 e. The van der Waals surface area contributed by atoms with E-state index in [1.54, 1.807) is 0 Å². The van der Waals surface area contributed by atoms with Crippen LogP contribution in [-0.2, 0) is 16.1 Å². The van der Waals surface area contributed by atoms with Gasteiger partial charge in [-0.1, -0.05) is 26.0 Å². The minimum Gasteiger partial charge on any atom is -0.379 e. The fourth-order valence-corrected chi connectivity index (χ4v) is 4.04. The Morgan fingerprint density at radius 1 is 1.08 bits per heavy atom. The highest BCUT2D eigenvalue weighted by Crippen LogP contribution is 2.20. The standard InChI is InChI=1S/C20H31N3O2/c1-16-11-17(2)13-23(12-16)15-20(24)21-19-5-3-18(4-6-19)14-22-7-9-25-10-8-22/h3-6,16-17H,7-15H2,1-2H3,(H,21,24)/t16-,17+. The van der Waals surface area contributed by atoms with E-state index in [9.17, 15) is 4.79 Å². The van der Waals surface area contributed by atoms with E-state index in [1.807, 2.05) is 12.1 Å². The van der Waals surface area contributed by atoms with Gasteiger partial charge in [0.2, 0.25) is 5.91 Å². The van der Waals surface area contributed by atoms with Crippen LogP contribution in [0.25, 0.3) is 0 Å². The van der Waals surface area contributed by atoms with Gasteiger partial charge in [-0.2, -0.15) is 0 Å². The van der Waals surface area contributed by atoms with Crippen molar-refractivity contribution >= 4 is 11.6 Å². The van der Waals surface area contributed by atoms with Crippen LogP contribution in [0.2, 0.25) is 0 Å². The monoisotopic (exact) mass is 345 g/mol. The normalized spacial score (nSPS) is 25.7. The number of amides is 1. The third kappa shape index (κ3) is 5.80. The molecule has 0 saturated carbocycles. The minimum absolute atomic E-state index is 0.0854. The average Bonchev–Trinajstić information content (AvgIpc) is 2.56. The fourth-order valence-electron chi connectivity index (χ4n) is 4.04. The van der Waals surface area contributed by atoms with Gasteiger partial charge in [-0.05, 0) is 36.0 Å². The van der Waals surface area contributed by atoms with Crippen molar-refractivity contribution in [2.45, 2.75) is 26.8 Å². The van der Waals surface area contributed by atoms with Crippen LogP contribution >= 0.6 is 0 Å². The van der Waals surface area contributed by atoms with E-state index in [-0.39, 0.29) is 5.91 Å². The van der Waals surface area contributed by atoms with Crippen molar-refractivity contribution in [1.29, 1.82) is 0 Å². The van der Waals surface area contributed by atoms with Gasteiger partial charge >= 0.3 is 0 Å². The predicted molar refractivity (Wildman–Crippen MR) is 101 cm³/mol. The lowest BCUT2D eigenvalue weighted by Crippen LogP contribution is -2.42. The summed E-state index contributed by atoms with van der Waals surface area (Å²) in [4.78, 5) is 17.0. The van der Waals surface area contributed by atoms with E-state index in [4.69, 9.17) is 4.74 Å². The summed E-state index contributed by atoms with van der Waals surface area (Å²) in [5, 5.41) is 3.04. The number of benzene rings is 1. The molecule has 1 aromatic carbocycles. The highest BCUT2D eigenvalue weighted by atomic mass is 16.5. The molecular weight excluding hydrogens is 314 g/mol. The molecule has 0 unspecified atom stereocenters. The second-order valence-electron chi connectivity index (χ2n) is 7.77. The first-order valence-corrected chi connectivity index (χ1v) is 9.50. The zero-order valence-electron chi connectivity index (χ0n) is 15.5. The van der Waals surface area contributed by atoms with E-state index in [0.29, 0.717) is 18.4 Å². The van der Waals surface area contributed by atoms with Crippen molar-refractivity contribution in [2.24, 2.45) is 11.8 Å². The van der Waals surface area contributed by atoms with E-state index < -0.39 is 0 Å². The Morgan fingerprint density at radius 3 is 2.36 bits per heavy atom. The Kier molecular flexibility index (Phi) is 6.45. The van der Waals surface area contributed by atoms with Crippen LogP contribution < -0.4 is 5.32 Å². The molecule has 1 amide bonds. The molecule has 5 heteroatoms. The van der Waals surface area contributed by atoms with Gasteiger partial charge in [0.05, 0.1) is 19.8 Å². The molecule has 2 fully saturated rings. The van der Waals surface area contributed by atoms with Gasteiger partial charge in [0.15, 0.2) is 0 Å². The van der Waals surface area contributed by atoms with Gasteiger partial charge in [0.25, 0.3) is 0 Å². The molecule has 2 saturated heterocycles. The summed E-state index contributed by atoms with van der Waals surface area (Å²) in [6, 6.07) is 8.23. The van der Waals surface area contributed by atoms with Gasteiger partial charge in [-0.3, -0.25) is 14.6 Å². The van der Waals surface area contributed by atoms with E-state index in [0.717, 1.165) is 51.6 Å². The fraction of sp³-hybridized carbons (Fsp3) is 0.650. The molecule has 2 aliphatic rings. The Morgan fingerprint density at radius 2 is 1.72 bits per heavy atom. The van der Waals surface area contributed by atoms with Crippen molar-refractivity contribution in [3.05, 3.63) is 29.8 Å². The second-order valence-corrected chi connectivity index (χ2v) is 7.77. The number of nitrogens with zero attached hydrogens (tertiary/aromatic N) is 2. The third-order valence-electron chi connectivity index (χ3n) is 5.06. The topological polar surface area (TPSA) is 44.8 Å². The van der Waals surface area contributed by atoms with Crippen LogP contribution in [-0.4, -0.2) is 61.6 Å². The number of carbonyl (C=O) groups excluding carboxylic acids is 1. The Balaban J connectivity index is 1.46. The molecule has 2 aliphatic heterocycles. The number of nitrogens with one attached hydrogen (secondary N) is 1. The maximum absolute atomic E-state index is 12.3. The van der Waals surface area contributed by atoms with Gasteiger partial charge < -0.3 is 10.1 Å². The number of anilines is 1.